The number of hydrogen-bond acceptors (Lipinski definition) is 4. The van der Waals surface area contributed by atoms with Crippen LogP contribution in [0.4, 0.5) is 0 Å². The minimum absolute atomic E-state index is 0.0559. The third-order valence-corrected chi connectivity index (χ3v) is 4.45. The van der Waals surface area contributed by atoms with Gasteiger partial charge in [0.1, 0.15) is 0 Å². The summed E-state index contributed by atoms with van der Waals surface area (Å²) in [5.74, 6) is 0.681. The molecule has 4 heteroatoms. The Morgan fingerprint density at radius 3 is 2.70 bits per heavy atom. The summed E-state index contributed by atoms with van der Waals surface area (Å²) in [6.45, 7) is 4.93. The number of nitrogens with zero attached hydrogens (tertiary/aromatic N) is 1. The van der Waals surface area contributed by atoms with Gasteiger partial charge in [0.25, 0.3) is 0 Å². The minimum atomic E-state index is -0.0691. The van der Waals surface area contributed by atoms with Gasteiger partial charge >= 0.3 is 5.97 Å². The summed E-state index contributed by atoms with van der Waals surface area (Å²) in [6, 6.07) is 8.93. The summed E-state index contributed by atoms with van der Waals surface area (Å²) in [5.41, 5.74) is 2.76. The van der Waals surface area contributed by atoms with E-state index in [0.29, 0.717) is 5.92 Å². The van der Waals surface area contributed by atoms with E-state index in [4.69, 9.17) is 4.74 Å². The molecule has 20 heavy (non-hydrogen) atoms. The van der Waals surface area contributed by atoms with Crippen molar-refractivity contribution in [1.29, 1.82) is 0 Å². The van der Waals surface area contributed by atoms with Crippen LogP contribution in [-0.2, 0) is 16.1 Å². The molecule has 2 heterocycles. The van der Waals surface area contributed by atoms with E-state index in [1.807, 2.05) is 0 Å². The van der Waals surface area contributed by atoms with E-state index in [-0.39, 0.29) is 11.9 Å². The molecule has 3 rings (SSSR count). The quantitative estimate of drug-likeness (QED) is 0.842. The molecule has 1 atom stereocenters. The fourth-order valence-corrected chi connectivity index (χ4v) is 3.01. The number of hydrogen-bond donors (Lipinski definition) is 1. The van der Waals surface area contributed by atoms with Crippen LogP contribution < -0.4 is 5.32 Å². The molecule has 2 fully saturated rings. The molecular formula is C16H22N2O2. The number of rotatable bonds is 4. The van der Waals surface area contributed by atoms with E-state index in [9.17, 15) is 4.79 Å². The van der Waals surface area contributed by atoms with Crippen LogP contribution in [-0.4, -0.2) is 44.2 Å². The molecule has 0 saturated carbocycles. The first-order valence-corrected chi connectivity index (χ1v) is 7.36. The average Bonchev–Trinajstić information content (AvgIpc) is 2.86. The highest BCUT2D eigenvalue weighted by Crippen LogP contribution is 2.22. The third-order valence-electron chi connectivity index (χ3n) is 4.45. The first-order chi connectivity index (χ1) is 9.76. The van der Waals surface area contributed by atoms with Crippen molar-refractivity contribution in [3.8, 4) is 0 Å². The summed E-state index contributed by atoms with van der Waals surface area (Å²) >= 11 is 0. The molecule has 0 amide bonds. The lowest BCUT2D eigenvalue weighted by Gasteiger charge is -2.27. The van der Waals surface area contributed by atoms with Crippen LogP contribution in [0, 0.1) is 5.92 Å². The molecule has 0 bridgehead atoms. The number of nitrogens with one attached hydrogen (secondary N) is 1. The van der Waals surface area contributed by atoms with E-state index in [2.05, 4.69) is 34.5 Å². The maximum Gasteiger partial charge on any atom is 0.310 e. The second-order valence-corrected chi connectivity index (χ2v) is 5.84. The van der Waals surface area contributed by atoms with Gasteiger partial charge < -0.3 is 10.1 Å². The van der Waals surface area contributed by atoms with Gasteiger partial charge in [0.05, 0.1) is 13.0 Å². The van der Waals surface area contributed by atoms with Crippen molar-refractivity contribution in [2.75, 3.05) is 33.3 Å². The Morgan fingerprint density at radius 1 is 1.35 bits per heavy atom. The molecule has 1 N–H and O–H groups in total. The van der Waals surface area contributed by atoms with E-state index in [1.165, 1.54) is 18.2 Å². The monoisotopic (exact) mass is 274 g/mol. The van der Waals surface area contributed by atoms with Crippen molar-refractivity contribution in [2.45, 2.75) is 18.9 Å². The molecule has 0 aliphatic carbocycles. The largest absolute Gasteiger partial charge is 0.469 e. The molecule has 2 saturated heterocycles. The fraction of sp³-hybridized carbons (Fsp3) is 0.562. The van der Waals surface area contributed by atoms with Gasteiger partial charge in [-0.05, 0) is 24.1 Å². The van der Waals surface area contributed by atoms with Crippen molar-refractivity contribution >= 4 is 5.97 Å². The van der Waals surface area contributed by atoms with E-state index >= 15 is 0 Å². The SMILES string of the molecule is COC(=O)[C@@H]1CCN(Cc2ccc(C3CNC3)cc2)C1. The van der Waals surface area contributed by atoms with E-state index in [1.54, 1.807) is 0 Å². The van der Waals surface area contributed by atoms with Gasteiger partial charge in [-0.1, -0.05) is 24.3 Å². The smallest absolute Gasteiger partial charge is 0.310 e. The zero-order chi connectivity index (χ0) is 13.9. The van der Waals surface area contributed by atoms with E-state index < -0.39 is 0 Å². The molecular weight excluding hydrogens is 252 g/mol. The van der Waals surface area contributed by atoms with Crippen LogP contribution in [0.3, 0.4) is 0 Å². The number of esters is 1. The highest BCUT2D eigenvalue weighted by atomic mass is 16.5. The van der Waals surface area contributed by atoms with Gasteiger partial charge in [0, 0.05) is 32.1 Å². The molecule has 108 valence electrons. The Kier molecular flexibility index (Phi) is 4.03. The maximum atomic E-state index is 11.5. The van der Waals surface area contributed by atoms with Crippen LogP contribution in [0.1, 0.15) is 23.5 Å². The Morgan fingerprint density at radius 2 is 2.10 bits per heavy atom. The fourth-order valence-electron chi connectivity index (χ4n) is 3.01. The molecule has 0 spiro atoms. The van der Waals surface area contributed by atoms with Crippen LogP contribution in [0.25, 0.3) is 0 Å². The van der Waals surface area contributed by atoms with Crippen LogP contribution in [0.5, 0.6) is 0 Å². The predicted octanol–water partition coefficient (Wildman–Crippen LogP) is 1.37. The zero-order valence-corrected chi connectivity index (χ0v) is 12.0. The lowest BCUT2D eigenvalue weighted by atomic mass is 9.93. The Hall–Kier alpha value is -1.39. The molecule has 2 aliphatic rings. The van der Waals surface area contributed by atoms with Crippen molar-refractivity contribution in [3.63, 3.8) is 0 Å². The van der Waals surface area contributed by atoms with Gasteiger partial charge in [-0.2, -0.15) is 0 Å². The molecule has 1 aromatic rings. The summed E-state index contributed by atoms with van der Waals surface area (Å²) in [5, 5.41) is 3.30. The molecule has 0 radical (unpaired) electrons. The van der Waals surface area contributed by atoms with Gasteiger partial charge in [-0.15, -0.1) is 0 Å². The Labute approximate surface area is 120 Å². The van der Waals surface area contributed by atoms with Crippen LogP contribution >= 0.6 is 0 Å². The molecule has 1 aromatic carbocycles. The standard InChI is InChI=1S/C16H22N2O2/c1-20-16(19)14-6-7-18(11-14)10-12-2-4-13(5-3-12)15-8-17-9-15/h2-5,14-15,17H,6-11H2,1H3/t14-/m1/s1. The topological polar surface area (TPSA) is 41.6 Å². The van der Waals surface area contributed by atoms with Gasteiger partial charge in [0.2, 0.25) is 0 Å². The number of benzene rings is 1. The summed E-state index contributed by atoms with van der Waals surface area (Å²) < 4.78 is 4.82. The molecule has 2 aliphatic heterocycles. The first-order valence-electron chi connectivity index (χ1n) is 7.36. The maximum absolute atomic E-state index is 11.5. The lowest BCUT2D eigenvalue weighted by molar-refractivity contribution is -0.144. The number of ether oxygens (including phenoxy) is 1. The van der Waals surface area contributed by atoms with E-state index in [0.717, 1.165) is 39.1 Å². The van der Waals surface area contributed by atoms with Gasteiger partial charge in [-0.25, -0.2) is 0 Å². The third kappa shape index (κ3) is 2.86. The number of carbonyl (C=O) groups is 1. The van der Waals surface area contributed by atoms with Crippen molar-refractivity contribution in [3.05, 3.63) is 35.4 Å². The summed E-state index contributed by atoms with van der Waals surface area (Å²) in [6.07, 6.45) is 0.915. The number of methoxy groups -OCH3 is 1. The van der Waals surface area contributed by atoms with Crippen molar-refractivity contribution < 1.29 is 9.53 Å². The van der Waals surface area contributed by atoms with Crippen LogP contribution in [0.2, 0.25) is 0 Å². The Balaban J connectivity index is 1.54. The Bertz CT molecular complexity index is 468. The highest BCUT2D eigenvalue weighted by Gasteiger charge is 2.28. The number of carbonyl (C=O) groups excluding carboxylic acids is 1. The molecule has 0 aromatic heterocycles. The predicted molar refractivity (Wildman–Crippen MR) is 77.5 cm³/mol. The average molecular weight is 274 g/mol. The summed E-state index contributed by atoms with van der Waals surface area (Å²) in [4.78, 5) is 13.9. The lowest BCUT2D eigenvalue weighted by Crippen LogP contribution is -2.39. The highest BCUT2D eigenvalue weighted by molar-refractivity contribution is 5.72. The molecule has 4 nitrogen and oxygen atoms in total. The van der Waals surface area contributed by atoms with Crippen molar-refractivity contribution in [2.24, 2.45) is 5.92 Å². The normalized spacial score (nSPS) is 23.6. The van der Waals surface area contributed by atoms with Crippen LogP contribution in [0.15, 0.2) is 24.3 Å². The first kappa shape index (κ1) is 13.6. The summed E-state index contributed by atoms with van der Waals surface area (Å²) in [7, 11) is 1.47. The second-order valence-electron chi connectivity index (χ2n) is 5.84. The minimum Gasteiger partial charge on any atom is -0.469 e. The molecule has 0 unspecified atom stereocenters. The van der Waals surface area contributed by atoms with Crippen molar-refractivity contribution in [1.82, 2.24) is 10.2 Å². The second kappa shape index (κ2) is 5.94. The zero-order valence-electron chi connectivity index (χ0n) is 12.0. The number of likely N-dealkylation sites (tertiary alicyclic amines) is 1. The van der Waals surface area contributed by atoms with Gasteiger partial charge in [0.15, 0.2) is 0 Å². The van der Waals surface area contributed by atoms with Gasteiger partial charge in [-0.3, -0.25) is 9.69 Å².